The van der Waals surface area contributed by atoms with Crippen molar-refractivity contribution >= 4 is 17.4 Å². The molecule has 0 saturated carbocycles. The van der Waals surface area contributed by atoms with Crippen LogP contribution in [0.2, 0.25) is 0 Å². The highest BCUT2D eigenvalue weighted by atomic mass is 16.5. The molecule has 4 aromatic rings. The van der Waals surface area contributed by atoms with E-state index >= 15 is 0 Å². The summed E-state index contributed by atoms with van der Waals surface area (Å²) < 4.78 is 12.0. The highest BCUT2D eigenvalue weighted by molar-refractivity contribution is 6.46. The average molecular weight is 591 g/mol. The number of carbonyl (C=O) groups excluding carboxylic acids is 2. The van der Waals surface area contributed by atoms with Gasteiger partial charge in [0, 0.05) is 18.7 Å². The molecular weight excluding hydrogens is 552 g/mol. The highest BCUT2D eigenvalue weighted by Crippen LogP contribution is 2.41. The van der Waals surface area contributed by atoms with Crippen LogP contribution >= 0.6 is 0 Å². The van der Waals surface area contributed by atoms with Crippen LogP contribution in [-0.2, 0) is 16.2 Å². The molecule has 5 rings (SSSR count). The molecule has 0 spiro atoms. The van der Waals surface area contributed by atoms with E-state index in [1.807, 2.05) is 97.9 Å². The summed E-state index contributed by atoms with van der Waals surface area (Å²) in [5.74, 6) is 0.346. The van der Waals surface area contributed by atoms with Gasteiger partial charge in [-0.15, -0.1) is 0 Å². The molecule has 44 heavy (non-hydrogen) atoms. The minimum absolute atomic E-state index is 0.0625. The standard InChI is InChI=1S/C37H38N2O5/c1-4-38(5-2)21-22-39-34(28-15-12-18-31(24-28)44-29-16-10-7-11-17-29)33(36(41)37(39)42)35(40)32-20-19-30(23-26(32)3)43-25-27-13-8-6-9-14-27/h6-20,23-24,34,40H,4-5,21-22,25H2,1-3H3/t34-/m1/s1. The molecule has 1 atom stereocenters. The number of rotatable bonds is 12. The molecule has 7 nitrogen and oxygen atoms in total. The van der Waals surface area contributed by atoms with E-state index in [0.717, 1.165) is 24.2 Å². The lowest BCUT2D eigenvalue weighted by Crippen LogP contribution is -2.38. The molecule has 1 N–H and O–H groups in total. The first-order valence-electron chi connectivity index (χ1n) is 15.0. The number of likely N-dealkylation sites (N-methyl/N-ethyl adjacent to an activating group) is 1. The SMILES string of the molecule is CCN(CC)CCN1C(=O)C(=O)C(=C(O)c2ccc(OCc3ccccc3)cc2C)[C@H]1c1cccc(Oc2ccccc2)c1. The number of aryl methyl sites for hydroxylation is 1. The van der Waals surface area contributed by atoms with Crippen LogP contribution in [0.15, 0.2) is 109 Å². The van der Waals surface area contributed by atoms with Crippen LogP contribution in [0.1, 0.15) is 42.1 Å². The van der Waals surface area contributed by atoms with Crippen LogP contribution in [0, 0.1) is 6.92 Å². The van der Waals surface area contributed by atoms with E-state index in [0.29, 0.717) is 48.1 Å². The number of ketones is 1. The number of likely N-dealkylation sites (tertiary alicyclic amines) is 1. The first-order chi connectivity index (χ1) is 21.4. The van der Waals surface area contributed by atoms with E-state index in [-0.39, 0.29) is 11.3 Å². The first-order valence-corrected chi connectivity index (χ1v) is 15.0. The topological polar surface area (TPSA) is 79.3 Å². The van der Waals surface area contributed by atoms with Crippen LogP contribution in [0.5, 0.6) is 17.2 Å². The third-order valence-electron chi connectivity index (χ3n) is 7.95. The zero-order chi connectivity index (χ0) is 31.1. The molecule has 1 heterocycles. The number of ether oxygens (including phenoxy) is 2. The fraction of sp³-hybridized carbons (Fsp3) is 0.243. The second-order valence-electron chi connectivity index (χ2n) is 10.8. The Kier molecular flexibility index (Phi) is 9.77. The summed E-state index contributed by atoms with van der Waals surface area (Å²) in [5.41, 5.74) is 2.98. The van der Waals surface area contributed by atoms with Gasteiger partial charge in [0.15, 0.2) is 0 Å². The zero-order valence-corrected chi connectivity index (χ0v) is 25.4. The highest BCUT2D eigenvalue weighted by Gasteiger charge is 2.46. The summed E-state index contributed by atoms with van der Waals surface area (Å²) in [7, 11) is 0. The lowest BCUT2D eigenvalue weighted by atomic mass is 9.93. The van der Waals surface area contributed by atoms with Crippen LogP contribution in [0.3, 0.4) is 0 Å². The van der Waals surface area contributed by atoms with Gasteiger partial charge in [-0.1, -0.05) is 74.5 Å². The Balaban J connectivity index is 1.51. The molecule has 0 aromatic heterocycles. The van der Waals surface area contributed by atoms with Crippen molar-refractivity contribution in [3.05, 3.63) is 131 Å². The quantitative estimate of drug-likeness (QED) is 0.107. The lowest BCUT2D eigenvalue weighted by Gasteiger charge is -2.28. The van der Waals surface area contributed by atoms with E-state index in [2.05, 4.69) is 18.7 Å². The Morgan fingerprint density at radius 1 is 0.818 bits per heavy atom. The van der Waals surface area contributed by atoms with Crippen LogP contribution in [0.4, 0.5) is 0 Å². The van der Waals surface area contributed by atoms with Gasteiger partial charge in [-0.3, -0.25) is 9.59 Å². The summed E-state index contributed by atoms with van der Waals surface area (Å²) in [6, 6.07) is 31.2. The van der Waals surface area contributed by atoms with Crippen molar-refractivity contribution in [2.45, 2.75) is 33.4 Å². The Hall–Kier alpha value is -4.88. The largest absolute Gasteiger partial charge is 0.507 e. The molecule has 1 saturated heterocycles. The van der Waals surface area contributed by atoms with Crippen molar-refractivity contribution in [1.29, 1.82) is 0 Å². The second-order valence-corrected chi connectivity index (χ2v) is 10.8. The molecule has 7 heteroatoms. The third-order valence-corrected chi connectivity index (χ3v) is 7.95. The van der Waals surface area contributed by atoms with Crippen LogP contribution in [-0.4, -0.2) is 52.8 Å². The number of aliphatic hydroxyl groups excluding tert-OH is 1. The zero-order valence-electron chi connectivity index (χ0n) is 25.4. The van der Waals surface area contributed by atoms with Crippen molar-refractivity contribution in [1.82, 2.24) is 9.80 Å². The van der Waals surface area contributed by atoms with E-state index in [1.54, 1.807) is 17.0 Å². The van der Waals surface area contributed by atoms with Crippen molar-refractivity contribution in [2.75, 3.05) is 26.2 Å². The summed E-state index contributed by atoms with van der Waals surface area (Å²) in [4.78, 5) is 30.9. The molecular formula is C37H38N2O5. The third kappa shape index (κ3) is 6.84. The predicted octanol–water partition coefficient (Wildman–Crippen LogP) is 7.13. The van der Waals surface area contributed by atoms with Crippen LogP contribution in [0.25, 0.3) is 5.76 Å². The Labute approximate surface area is 259 Å². The first kappa shape index (κ1) is 30.6. The minimum Gasteiger partial charge on any atom is -0.507 e. The van der Waals surface area contributed by atoms with Gasteiger partial charge in [-0.25, -0.2) is 0 Å². The fourth-order valence-corrected chi connectivity index (χ4v) is 5.50. The molecule has 0 unspecified atom stereocenters. The minimum atomic E-state index is -0.779. The molecule has 0 radical (unpaired) electrons. The number of carbonyl (C=O) groups is 2. The molecule has 1 amide bonds. The van der Waals surface area contributed by atoms with Gasteiger partial charge >= 0.3 is 0 Å². The average Bonchev–Trinajstić information content (AvgIpc) is 3.30. The molecule has 1 aliphatic rings. The van der Waals surface area contributed by atoms with Crippen molar-refractivity contribution in [3.8, 4) is 17.2 Å². The Morgan fingerprint density at radius 3 is 2.18 bits per heavy atom. The normalized spacial score (nSPS) is 16.0. The van der Waals surface area contributed by atoms with E-state index in [1.165, 1.54) is 0 Å². The number of para-hydroxylation sites is 1. The molecule has 0 bridgehead atoms. The molecule has 0 aliphatic carbocycles. The van der Waals surface area contributed by atoms with Crippen LogP contribution < -0.4 is 9.47 Å². The maximum Gasteiger partial charge on any atom is 0.295 e. The Bertz CT molecular complexity index is 1630. The van der Waals surface area contributed by atoms with E-state index in [9.17, 15) is 14.7 Å². The molecule has 1 aliphatic heterocycles. The van der Waals surface area contributed by atoms with Gasteiger partial charge in [-0.2, -0.15) is 0 Å². The van der Waals surface area contributed by atoms with E-state index < -0.39 is 17.7 Å². The fourth-order valence-electron chi connectivity index (χ4n) is 5.50. The number of aliphatic hydroxyl groups is 1. The van der Waals surface area contributed by atoms with Gasteiger partial charge in [0.05, 0.1) is 11.6 Å². The smallest absolute Gasteiger partial charge is 0.295 e. The van der Waals surface area contributed by atoms with Gasteiger partial charge in [0.2, 0.25) is 0 Å². The number of hydrogen-bond acceptors (Lipinski definition) is 6. The number of benzene rings is 4. The molecule has 226 valence electrons. The second kappa shape index (κ2) is 14.1. The summed E-state index contributed by atoms with van der Waals surface area (Å²) >= 11 is 0. The van der Waals surface area contributed by atoms with Gasteiger partial charge in [0.1, 0.15) is 29.6 Å². The van der Waals surface area contributed by atoms with Gasteiger partial charge < -0.3 is 24.4 Å². The number of amides is 1. The number of Topliss-reactive ketones (excluding diaryl/α,β-unsaturated/α-hetero) is 1. The monoisotopic (exact) mass is 590 g/mol. The summed E-state index contributed by atoms with van der Waals surface area (Å²) in [5, 5.41) is 11.7. The number of hydrogen-bond donors (Lipinski definition) is 1. The van der Waals surface area contributed by atoms with Crippen molar-refractivity contribution in [2.24, 2.45) is 0 Å². The van der Waals surface area contributed by atoms with Gasteiger partial charge in [0.25, 0.3) is 11.7 Å². The van der Waals surface area contributed by atoms with Crippen molar-refractivity contribution in [3.63, 3.8) is 0 Å². The maximum absolute atomic E-state index is 13.6. The molecule has 1 fully saturated rings. The summed E-state index contributed by atoms with van der Waals surface area (Å²) in [6.07, 6.45) is 0. The van der Waals surface area contributed by atoms with Gasteiger partial charge in [-0.05, 0) is 79.2 Å². The predicted molar refractivity (Wildman–Crippen MR) is 172 cm³/mol. The maximum atomic E-state index is 13.6. The molecule has 4 aromatic carbocycles. The van der Waals surface area contributed by atoms with Crippen molar-refractivity contribution < 1.29 is 24.2 Å². The van der Waals surface area contributed by atoms with E-state index in [4.69, 9.17) is 9.47 Å². The lowest BCUT2D eigenvalue weighted by molar-refractivity contribution is -0.140. The number of nitrogens with zero attached hydrogens (tertiary/aromatic N) is 2. The Morgan fingerprint density at radius 2 is 1.50 bits per heavy atom. The summed E-state index contributed by atoms with van der Waals surface area (Å²) in [6.45, 7) is 8.97.